The Bertz CT molecular complexity index is 1250. The number of allylic oxidation sites excluding steroid dienone is 1. The molecule has 3 aromatic rings. The number of fused-ring (bicyclic) bond motifs is 1. The van der Waals surface area contributed by atoms with Crippen LogP contribution in [0.5, 0.6) is 5.88 Å². The lowest BCUT2D eigenvalue weighted by molar-refractivity contribution is 0.272. The maximum atomic E-state index is 14.2. The van der Waals surface area contributed by atoms with Crippen molar-refractivity contribution in [3.05, 3.63) is 79.6 Å². The second-order valence-corrected chi connectivity index (χ2v) is 7.93. The zero-order valence-corrected chi connectivity index (χ0v) is 17.7. The smallest absolute Gasteiger partial charge is 0.329 e. The largest absolute Gasteiger partial charge is 0.493 e. The maximum absolute atomic E-state index is 14.2. The SMILES string of the molecule is O=c1[nH]c(/C=C2\C=Nc3c2ccc(Cl)c3F)c(O)n1C(CCCO)c1ccc(Cl)cc1. The zero-order valence-electron chi connectivity index (χ0n) is 16.1. The van der Waals surface area contributed by atoms with Crippen LogP contribution in [0.3, 0.4) is 0 Å². The van der Waals surface area contributed by atoms with Gasteiger partial charge in [-0.25, -0.2) is 9.18 Å². The van der Waals surface area contributed by atoms with Crippen LogP contribution in [-0.2, 0) is 0 Å². The van der Waals surface area contributed by atoms with E-state index in [0.29, 0.717) is 29.0 Å². The number of aromatic hydroxyl groups is 1. The minimum atomic E-state index is -0.624. The van der Waals surface area contributed by atoms with Gasteiger partial charge in [0.05, 0.1) is 11.1 Å². The molecule has 9 heteroatoms. The van der Waals surface area contributed by atoms with E-state index >= 15 is 0 Å². The molecule has 0 bridgehead atoms. The van der Waals surface area contributed by atoms with Crippen molar-refractivity contribution < 1.29 is 14.6 Å². The van der Waals surface area contributed by atoms with E-state index in [-0.39, 0.29) is 28.9 Å². The van der Waals surface area contributed by atoms with E-state index in [1.54, 1.807) is 30.3 Å². The van der Waals surface area contributed by atoms with E-state index in [2.05, 4.69) is 9.98 Å². The van der Waals surface area contributed by atoms with E-state index in [4.69, 9.17) is 23.2 Å². The number of aromatic nitrogens is 2. The Labute approximate surface area is 186 Å². The molecule has 1 unspecified atom stereocenters. The molecule has 31 heavy (non-hydrogen) atoms. The van der Waals surface area contributed by atoms with Gasteiger partial charge >= 0.3 is 5.69 Å². The van der Waals surface area contributed by atoms with Crippen LogP contribution in [0.4, 0.5) is 10.1 Å². The highest BCUT2D eigenvalue weighted by atomic mass is 35.5. The van der Waals surface area contributed by atoms with Crippen LogP contribution < -0.4 is 5.69 Å². The highest BCUT2D eigenvalue weighted by molar-refractivity contribution is 6.32. The van der Waals surface area contributed by atoms with Crippen molar-refractivity contribution in [1.82, 2.24) is 9.55 Å². The number of hydrogen-bond donors (Lipinski definition) is 3. The van der Waals surface area contributed by atoms with Gasteiger partial charge in [0.2, 0.25) is 5.88 Å². The van der Waals surface area contributed by atoms with Gasteiger partial charge in [-0.3, -0.25) is 9.56 Å². The summed E-state index contributed by atoms with van der Waals surface area (Å²) in [5.41, 5.74) is 1.55. The molecule has 160 valence electrons. The molecule has 3 N–H and O–H groups in total. The average molecular weight is 462 g/mol. The fourth-order valence-electron chi connectivity index (χ4n) is 3.63. The molecule has 0 fully saturated rings. The topological polar surface area (TPSA) is 90.6 Å². The average Bonchev–Trinajstić information content (AvgIpc) is 3.28. The number of nitrogens with zero attached hydrogens (tertiary/aromatic N) is 2. The molecule has 6 nitrogen and oxygen atoms in total. The molecule has 0 aliphatic carbocycles. The van der Waals surface area contributed by atoms with Crippen LogP contribution in [0.2, 0.25) is 10.0 Å². The van der Waals surface area contributed by atoms with Crippen LogP contribution in [0, 0.1) is 5.82 Å². The lowest BCUT2D eigenvalue weighted by Crippen LogP contribution is -2.23. The number of halogens is 3. The molecule has 0 saturated carbocycles. The molecule has 1 aromatic heterocycles. The Balaban J connectivity index is 1.77. The van der Waals surface area contributed by atoms with E-state index in [1.807, 2.05) is 0 Å². The fraction of sp³-hybridized carbons (Fsp3) is 0.182. The molecular weight excluding hydrogens is 444 g/mol. The van der Waals surface area contributed by atoms with Crippen LogP contribution in [0.1, 0.15) is 35.7 Å². The van der Waals surface area contributed by atoms with Crippen molar-refractivity contribution in [3.8, 4) is 5.88 Å². The first kappa shape index (κ1) is 21.4. The third-order valence-corrected chi connectivity index (χ3v) is 5.69. The number of rotatable bonds is 6. The number of nitrogens with one attached hydrogen (secondary N) is 1. The molecule has 0 spiro atoms. The maximum Gasteiger partial charge on any atom is 0.329 e. The van der Waals surface area contributed by atoms with E-state index < -0.39 is 17.5 Å². The summed E-state index contributed by atoms with van der Waals surface area (Å²) in [5, 5.41) is 20.7. The number of aliphatic hydroxyl groups is 1. The normalized spacial score (nSPS) is 14.9. The molecule has 0 amide bonds. The van der Waals surface area contributed by atoms with E-state index in [9.17, 15) is 19.4 Å². The van der Waals surface area contributed by atoms with E-state index in [1.165, 1.54) is 22.9 Å². The van der Waals surface area contributed by atoms with Gasteiger partial charge in [0.25, 0.3) is 0 Å². The van der Waals surface area contributed by atoms with Gasteiger partial charge in [-0.2, -0.15) is 0 Å². The second-order valence-electron chi connectivity index (χ2n) is 7.09. The predicted molar refractivity (Wildman–Crippen MR) is 120 cm³/mol. The summed E-state index contributed by atoms with van der Waals surface area (Å²) in [6, 6.07) is 9.49. The van der Waals surface area contributed by atoms with Crippen molar-refractivity contribution in [3.63, 3.8) is 0 Å². The summed E-state index contributed by atoms with van der Waals surface area (Å²) < 4.78 is 15.4. The molecule has 1 aliphatic heterocycles. The summed E-state index contributed by atoms with van der Waals surface area (Å²) in [6.07, 6.45) is 3.83. The minimum Gasteiger partial charge on any atom is -0.493 e. The summed E-state index contributed by atoms with van der Waals surface area (Å²) in [6.45, 7) is -0.0533. The first-order valence-corrected chi connectivity index (χ1v) is 10.3. The van der Waals surface area contributed by atoms with Crippen LogP contribution in [-0.4, -0.2) is 32.6 Å². The number of aromatic amines is 1. The first-order valence-electron chi connectivity index (χ1n) is 9.54. The third kappa shape index (κ3) is 4.04. The fourth-order valence-corrected chi connectivity index (χ4v) is 3.91. The first-order chi connectivity index (χ1) is 14.9. The highest BCUT2D eigenvalue weighted by Crippen LogP contribution is 2.38. The highest BCUT2D eigenvalue weighted by Gasteiger charge is 2.24. The summed E-state index contributed by atoms with van der Waals surface area (Å²) >= 11 is 11.8. The minimum absolute atomic E-state index is 0.0331. The quantitative estimate of drug-likeness (QED) is 0.485. The Hall–Kier alpha value is -2.87. The Morgan fingerprint density at radius 1 is 1.19 bits per heavy atom. The van der Waals surface area contributed by atoms with Gasteiger partial charge in [0, 0.05) is 29.0 Å². The monoisotopic (exact) mass is 461 g/mol. The Morgan fingerprint density at radius 3 is 2.65 bits per heavy atom. The number of benzene rings is 2. The van der Waals surface area contributed by atoms with Crippen molar-refractivity contribution in [2.24, 2.45) is 4.99 Å². The van der Waals surface area contributed by atoms with E-state index in [0.717, 1.165) is 5.56 Å². The van der Waals surface area contributed by atoms with Crippen LogP contribution >= 0.6 is 23.2 Å². The van der Waals surface area contributed by atoms with Crippen molar-refractivity contribution in [1.29, 1.82) is 0 Å². The molecule has 0 saturated heterocycles. The summed E-state index contributed by atoms with van der Waals surface area (Å²) in [5.74, 6) is -0.896. The van der Waals surface area contributed by atoms with Gasteiger partial charge in [0.1, 0.15) is 11.4 Å². The van der Waals surface area contributed by atoms with Crippen molar-refractivity contribution in [2.75, 3.05) is 6.61 Å². The lowest BCUT2D eigenvalue weighted by atomic mass is 10.0. The van der Waals surface area contributed by atoms with Gasteiger partial charge < -0.3 is 15.2 Å². The molecule has 1 aliphatic rings. The van der Waals surface area contributed by atoms with Gasteiger partial charge in [-0.05, 0) is 42.7 Å². The molecule has 4 rings (SSSR count). The summed E-state index contributed by atoms with van der Waals surface area (Å²) in [7, 11) is 0. The Kier molecular flexibility index (Phi) is 6.00. The predicted octanol–water partition coefficient (Wildman–Crippen LogP) is 4.95. The van der Waals surface area contributed by atoms with Gasteiger partial charge in [0.15, 0.2) is 5.82 Å². The van der Waals surface area contributed by atoms with Gasteiger partial charge in [-0.15, -0.1) is 0 Å². The standard InChI is InChI=1S/C22H18Cl2FN3O3/c23-14-5-3-12(4-6-14)18(2-1-9-29)28-21(30)17(27-22(28)31)10-13-11-26-20-15(13)7-8-16(24)19(20)25/h3-8,10-11,18,29-30H,1-2,9H2,(H,27,31)/b13-10+. The summed E-state index contributed by atoms with van der Waals surface area (Å²) in [4.78, 5) is 19.4. The second kappa shape index (κ2) is 8.70. The number of H-pyrrole nitrogens is 1. The Morgan fingerprint density at radius 2 is 1.94 bits per heavy atom. The molecule has 2 heterocycles. The number of imidazole rings is 1. The molecular formula is C22H18Cl2FN3O3. The van der Waals surface area contributed by atoms with Crippen molar-refractivity contribution >= 4 is 46.8 Å². The number of aliphatic imine (C=N–C) groups is 1. The van der Waals surface area contributed by atoms with Crippen LogP contribution in [0.25, 0.3) is 11.6 Å². The van der Waals surface area contributed by atoms with Crippen molar-refractivity contribution in [2.45, 2.75) is 18.9 Å². The molecule has 1 atom stereocenters. The molecule has 0 radical (unpaired) electrons. The lowest BCUT2D eigenvalue weighted by Gasteiger charge is -2.19. The molecule has 2 aromatic carbocycles. The van der Waals surface area contributed by atoms with Crippen LogP contribution in [0.15, 0.2) is 46.2 Å². The third-order valence-electron chi connectivity index (χ3n) is 5.14. The zero-order chi connectivity index (χ0) is 22.1. The number of hydrogen-bond acceptors (Lipinski definition) is 4. The number of aliphatic hydroxyl groups excluding tert-OH is 1. The van der Waals surface area contributed by atoms with Gasteiger partial charge in [-0.1, -0.05) is 41.4 Å².